The molecule has 19 heavy (non-hydrogen) atoms. The van der Waals surface area contributed by atoms with Crippen LogP contribution in [0.3, 0.4) is 0 Å². The topological polar surface area (TPSA) is 112 Å². The Morgan fingerprint density at radius 3 is 2.89 bits per heavy atom. The number of rotatable bonds is 4. The largest absolute Gasteiger partial charge is 0.481 e. The Kier molecular flexibility index (Phi) is 3.96. The molecule has 8 nitrogen and oxygen atoms in total. The van der Waals surface area contributed by atoms with Crippen LogP contribution in [0.4, 0.5) is 5.82 Å². The smallest absolute Gasteiger partial charge is 0.307 e. The number of aromatic nitrogens is 2. The number of carbonyl (C=O) groups is 1. The number of piperidine rings is 1. The zero-order chi connectivity index (χ0) is 13.9. The number of nitrogens with one attached hydrogen (secondary N) is 1. The third-order valence-electron chi connectivity index (χ3n) is 2.87. The minimum absolute atomic E-state index is 0.0229. The molecule has 104 valence electrons. The first-order valence-electron chi connectivity index (χ1n) is 5.76. The molecule has 1 aliphatic heterocycles. The third-order valence-corrected chi connectivity index (χ3v) is 4.35. The molecule has 0 aromatic carbocycles. The molecular formula is C10H14N4O4S. The van der Waals surface area contributed by atoms with E-state index in [-0.39, 0.29) is 12.4 Å². The van der Waals surface area contributed by atoms with Crippen molar-refractivity contribution in [2.24, 2.45) is 5.92 Å². The monoisotopic (exact) mass is 286 g/mol. The highest BCUT2D eigenvalue weighted by molar-refractivity contribution is 7.90. The molecule has 2 rings (SSSR count). The van der Waals surface area contributed by atoms with E-state index in [4.69, 9.17) is 5.11 Å². The molecule has 1 aromatic heterocycles. The summed E-state index contributed by atoms with van der Waals surface area (Å²) in [6, 6.07) is 0. The Morgan fingerprint density at radius 1 is 1.47 bits per heavy atom. The summed E-state index contributed by atoms with van der Waals surface area (Å²) < 4.78 is 27.6. The average molecular weight is 286 g/mol. The van der Waals surface area contributed by atoms with Gasteiger partial charge in [-0.1, -0.05) is 0 Å². The van der Waals surface area contributed by atoms with Crippen molar-refractivity contribution in [2.45, 2.75) is 12.8 Å². The fourth-order valence-corrected chi connectivity index (χ4v) is 3.16. The van der Waals surface area contributed by atoms with E-state index in [0.717, 1.165) is 4.31 Å². The first-order chi connectivity index (χ1) is 8.99. The Balaban J connectivity index is 2.09. The van der Waals surface area contributed by atoms with Gasteiger partial charge in [-0.3, -0.25) is 14.5 Å². The molecule has 0 radical (unpaired) electrons. The van der Waals surface area contributed by atoms with Crippen LogP contribution in [0.25, 0.3) is 0 Å². The van der Waals surface area contributed by atoms with Gasteiger partial charge in [0, 0.05) is 25.5 Å². The Hall–Kier alpha value is -1.74. The summed E-state index contributed by atoms with van der Waals surface area (Å²) in [5.41, 5.74) is 0. The van der Waals surface area contributed by atoms with Gasteiger partial charge < -0.3 is 5.11 Å². The quantitative estimate of drug-likeness (QED) is 0.801. The van der Waals surface area contributed by atoms with Crippen LogP contribution in [-0.2, 0) is 15.0 Å². The number of anilines is 1. The summed E-state index contributed by atoms with van der Waals surface area (Å²) in [6.45, 7) is 0.282. The van der Waals surface area contributed by atoms with Gasteiger partial charge >= 0.3 is 16.2 Å². The predicted molar refractivity (Wildman–Crippen MR) is 66.5 cm³/mol. The highest BCUT2D eigenvalue weighted by Gasteiger charge is 2.32. The van der Waals surface area contributed by atoms with E-state index in [1.165, 1.54) is 18.6 Å². The van der Waals surface area contributed by atoms with Crippen molar-refractivity contribution in [3.8, 4) is 0 Å². The van der Waals surface area contributed by atoms with Gasteiger partial charge in [-0.15, -0.1) is 0 Å². The van der Waals surface area contributed by atoms with Crippen LogP contribution in [0.2, 0.25) is 0 Å². The number of aliphatic carboxylic acids is 1. The van der Waals surface area contributed by atoms with Crippen molar-refractivity contribution in [1.82, 2.24) is 14.3 Å². The van der Waals surface area contributed by atoms with Crippen LogP contribution < -0.4 is 4.72 Å². The molecule has 1 saturated heterocycles. The van der Waals surface area contributed by atoms with Crippen LogP contribution >= 0.6 is 0 Å². The first-order valence-corrected chi connectivity index (χ1v) is 7.20. The van der Waals surface area contributed by atoms with Gasteiger partial charge in [0.25, 0.3) is 0 Å². The Bertz CT molecular complexity index is 548. The summed E-state index contributed by atoms with van der Waals surface area (Å²) in [6.07, 6.45) is 5.11. The lowest BCUT2D eigenvalue weighted by atomic mass is 10.0. The molecule has 0 bridgehead atoms. The number of carboxylic acid groups (broad SMARTS) is 1. The maximum atomic E-state index is 12.1. The summed E-state index contributed by atoms with van der Waals surface area (Å²) in [5, 5.41) is 8.95. The fourth-order valence-electron chi connectivity index (χ4n) is 1.91. The second-order valence-electron chi connectivity index (χ2n) is 4.23. The Morgan fingerprint density at radius 2 is 2.26 bits per heavy atom. The number of carboxylic acids is 1. The van der Waals surface area contributed by atoms with Crippen LogP contribution in [-0.4, -0.2) is 46.9 Å². The predicted octanol–water partition coefficient (Wildman–Crippen LogP) is -0.0701. The molecule has 0 aliphatic carbocycles. The molecule has 1 unspecified atom stereocenters. The van der Waals surface area contributed by atoms with E-state index in [2.05, 4.69) is 14.7 Å². The highest BCUT2D eigenvalue weighted by atomic mass is 32.2. The van der Waals surface area contributed by atoms with Gasteiger partial charge in [0.1, 0.15) is 0 Å². The molecule has 0 saturated carbocycles. The van der Waals surface area contributed by atoms with E-state index in [1.807, 2.05) is 0 Å². The average Bonchev–Trinajstić information content (AvgIpc) is 2.39. The van der Waals surface area contributed by atoms with Gasteiger partial charge in [0.05, 0.1) is 12.1 Å². The minimum atomic E-state index is -3.79. The first kappa shape index (κ1) is 13.7. The van der Waals surface area contributed by atoms with Gasteiger partial charge in [-0.25, -0.2) is 4.98 Å². The molecule has 0 spiro atoms. The fraction of sp³-hybridized carbons (Fsp3) is 0.500. The zero-order valence-corrected chi connectivity index (χ0v) is 10.9. The maximum absolute atomic E-state index is 12.1. The summed E-state index contributed by atoms with van der Waals surface area (Å²) in [4.78, 5) is 18.5. The van der Waals surface area contributed by atoms with Gasteiger partial charge in [0.2, 0.25) is 0 Å². The second kappa shape index (κ2) is 5.49. The zero-order valence-electron chi connectivity index (χ0n) is 10.1. The minimum Gasteiger partial charge on any atom is -0.481 e. The number of hydrogen-bond donors (Lipinski definition) is 2. The summed E-state index contributed by atoms with van der Waals surface area (Å²) in [7, 11) is -3.79. The maximum Gasteiger partial charge on any atom is 0.307 e. The molecule has 1 atom stereocenters. The van der Waals surface area contributed by atoms with Crippen LogP contribution in [0, 0.1) is 5.92 Å². The normalized spacial score (nSPS) is 20.9. The van der Waals surface area contributed by atoms with E-state index in [9.17, 15) is 13.2 Å². The van der Waals surface area contributed by atoms with Crippen molar-refractivity contribution in [3.05, 3.63) is 18.6 Å². The molecular weight excluding hydrogens is 272 g/mol. The molecule has 9 heteroatoms. The SMILES string of the molecule is O=C(O)C1CCCN(S(=O)(=O)Nc2cnccn2)C1. The van der Waals surface area contributed by atoms with Crippen molar-refractivity contribution in [3.63, 3.8) is 0 Å². The molecule has 1 fully saturated rings. The molecule has 2 N–H and O–H groups in total. The number of nitrogens with zero attached hydrogens (tertiary/aromatic N) is 3. The molecule has 1 aliphatic rings. The van der Waals surface area contributed by atoms with Gasteiger partial charge in [-0.2, -0.15) is 12.7 Å². The van der Waals surface area contributed by atoms with Gasteiger partial charge in [0.15, 0.2) is 5.82 Å². The summed E-state index contributed by atoms with van der Waals surface area (Å²) >= 11 is 0. The van der Waals surface area contributed by atoms with Crippen molar-refractivity contribution in [1.29, 1.82) is 0 Å². The van der Waals surface area contributed by atoms with Crippen molar-refractivity contribution in [2.75, 3.05) is 17.8 Å². The van der Waals surface area contributed by atoms with Gasteiger partial charge in [-0.05, 0) is 12.8 Å². The molecule has 1 aromatic rings. The molecule has 0 amide bonds. The number of hydrogen-bond acceptors (Lipinski definition) is 5. The van der Waals surface area contributed by atoms with E-state index >= 15 is 0 Å². The lowest BCUT2D eigenvalue weighted by Crippen LogP contribution is -2.44. The van der Waals surface area contributed by atoms with Crippen molar-refractivity contribution < 1.29 is 18.3 Å². The standard InChI is InChI=1S/C10H14N4O4S/c15-10(16)8-2-1-5-14(7-8)19(17,18)13-9-6-11-3-4-12-9/h3-4,6,8H,1-2,5,7H2,(H,12,13)(H,15,16). The van der Waals surface area contributed by atoms with Crippen molar-refractivity contribution >= 4 is 22.0 Å². The van der Waals surface area contributed by atoms with E-state index in [1.54, 1.807) is 0 Å². The lowest BCUT2D eigenvalue weighted by molar-refractivity contribution is -0.142. The van der Waals surface area contributed by atoms with Crippen LogP contribution in [0.15, 0.2) is 18.6 Å². The lowest BCUT2D eigenvalue weighted by Gasteiger charge is -2.29. The van der Waals surface area contributed by atoms with Crippen LogP contribution in [0.1, 0.15) is 12.8 Å². The van der Waals surface area contributed by atoms with E-state index in [0.29, 0.717) is 19.4 Å². The highest BCUT2D eigenvalue weighted by Crippen LogP contribution is 2.20. The second-order valence-corrected chi connectivity index (χ2v) is 5.90. The summed E-state index contributed by atoms with van der Waals surface area (Å²) in [5.74, 6) is -1.52. The third kappa shape index (κ3) is 3.38. The Labute approximate surface area is 110 Å². The van der Waals surface area contributed by atoms with E-state index < -0.39 is 22.1 Å². The molecule has 2 heterocycles. The van der Waals surface area contributed by atoms with Crippen LogP contribution in [0.5, 0.6) is 0 Å².